The molecule has 1 heterocycles. The van der Waals surface area contributed by atoms with Crippen LogP contribution in [0.2, 0.25) is 5.02 Å². The summed E-state index contributed by atoms with van der Waals surface area (Å²) in [4.78, 5) is 3.59. The lowest BCUT2D eigenvalue weighted by atomic mass is 10.4. The number of nitrogen functional groups attached to an aromatic ring is 1. The van der Waals surface area contributed by atoms with Crippen LogP contribution in [0.1, 0.15) is 0 Å². The van der Waals surface area contributed by atoms with Crippen molar-refractivity contribution in [1.29, 1.82) is 0 Å². The van der Waals surface area contributed by atoms with E-state index in [1.807, 2.05) is 0 Å². The van der Waals surface area contributed by atoms with Crippen molar-refractivity contribution in [3.8, 4) is 5.75 Å². The molecule has 0 saturated heterocycles. The molecule has 0 aromatic carbocycles. The highest BCUT2D eigenvalue weighted by atomic mass is 35.5. The Kier molecular flexibility index (Phi) is 1.44. The van der Waals surface area contributed by atoms with E-state index < -0.39 is 0 Å². The molecule has 0 saturated carbocycles. The number of nitrogens with zero attached hydrogens (tertiary/aromatic N) is 1. The van der Waals surface area contributed by atoms with E-state index >= 15 is 0 Å². The van der Waals surface area contributed by atoms with Gasteiger partial charge in [0, 0.05) is 0 Å². The van der Waals surface area contributed by atoms with E-state index in [1.54, 1.807) is 0 Å². The number of aromatic nitrogens is 1. The van der Waals surface area contributed by atoms with Gasteiger partial charge in [0.05, 0.1) is 18.1 Å². The number of hydrogen-bond donors (Lipinski definition) is 2. The Morgan fingerprint density at radius 3 is 2.67 bits per heavy atom. The van der Waals surface area contributed by atoms with Crippen molar-refractivity contribution >= 4 is 17.3 Å². The number of halogens is 1. The van der Waals surface area contributed by atoms with E-state index in [9.17, 15) is 0 Å². The molecule has 0 aliphatic carbocycles. The lowest BCUT2D eigenvalue weighted by Gasteiger charge is -1.96. The minimum atomic E-state index is -0.0864. The van der Waals surface area contributed by atoms with Crippen LogP contribution in [0.3, 0.4) is 0 Å². The summed E-state index contributed by atoms with van der Waals surface area (Å²) >= 11 is 5.46. The normalized spacial score (nSPS) is 9.44. The molecule has 3 N–H and O–H groups in total. The van der Waals surface area contributed by atoms with Gasteiger partial charge >= 0.3 is 0 Å². The van der Waals surface area contributed by atoms with Crippen LogP contribution in [0.25, 0.3) is 0 Å². The summed E-state index contributed by atoms with van der Waals surface area (Å²) in [6.45, 7) is 0. The Morgan fingerprint density at radius 2 is 2.22 bits per heavy atom. The lowest BCUT2D eigenvalue weighted by molar-refractivity contribution is 0.473. The third-order valence-corrected chi connectivity index (χ3v) is 1.30. The van der Waals surface area contributed by atoms with Crippen LogP contribution in [-0.4, -0.2) is 10.1 Å². The Hall–Kier alpha value is -0.960. The molecule has 1 aromatic rings. The number of nitrogens with two attached hydrogens (primary N) is 1. The van der Waals surface area contributed by atoms with Crippen LogP contribution in [0.15, 0.2) is 12.4 Å². The van der Waals surface area contributed by atoms with Crippen LogP contribution in [0, 0.1) is 0 Å². The second kappa shape index (κ2) is 2.11. The summed E-state index contributed by atoms with van der Waals surface area (Å²) in [5.74, 6) is -0.0864. The van der Waals surface area contributed by atoms with E-state index in [1.165, 1.54) is 12.4 Å². The molecule has 0 fully saturated rings. The molecule has 0 aliphatic heterocycles. The van der Waals surface area contributed by atoms with Crippen LogP contribution in [0.4, 0.5) is 5.69 Å². The Balaban J connectivity index is 3.25. The molecule has 0 radical (unpaired) electrons. The first-order chi connectivity index (χ1) is 4.22. The standard InChI is InChI=1S/C5H5ClN2O/c6-5-3(7)1-8-2-4(5)9/h1-2,9H,7H2. The fraction of sp³-hybridized carbons (Fsp3) is 0. The van der Waals surface area contributed by atoms with Gasteiger partial charge in [0.25, 0.3) is 0 Å². The first-order valence-electron chi connectivity index (χ1n) is 2.30. The summed E-state index contributed by atoms with van der Waals surface area (Å²) < 4.78 is 0. The topological polar surface area (TPSA) is 59.1 Å². The molecule has 0 aliphatic rings. The minimum absolute atomic E-state index is 0.0864. The number of anilines is 1. The van der Waals surface area contributed by atoms with E-state index in [0.29, 0.717) is 0 Å². The summed E-state index contributed by atoms with van der Waals surface area (Å²) in [5, 5.41) is 8.98. The van der Waals surface area contributed by atoms with Crippen molar-refractivity contribution in [2.75, 3.05) is 5.73 Å². The van der Waals surface area contributed by atoms with Crippen molar-refractivity contribution in [2.45, 2.75) is 0 Å². The highest BCUT2D eigenvalue weighted by molar-refractivity contribution is 6.34. The number of rotatable bonds is 0. The molecule has 3 nitrogen and oxygen atoms in total. The largest absolute Gasteiger partial charge is 0.505 e. The second-order valence-electron chi connectivity index (χ2n) is 1.56. The van der Waals surface area contributed by atoms with E-state index in [0.717, 1.165) is 0 Å². The van der Waals surface area contributed by atoms with Gasteiger partial charge < -0.3 is 10.8 Å². The van der Waals surface area contributed by atoms with E-state index in [2.05, 4.69) is 4.98 Å². The lowest BCUT2D eigenvalue weighted by Crippen LogP contribution is -1.86. The zero-order valence-corrected chi connectivity index (χ0v) is 5.26. The highest BCUT2D eigenvalue weighted by Gasteiger charge is 1.99. The number of hydrogen-bond acceptors (Lipinski definition) is 3. The molecule has 1 rings (SSSR count). The predicted molar refractivity (Wildman–Crippen MR) is 35.3 cm³/mol. The van der Waals surface area contributed by atoms with Crippen LogP contribution >= 0.6 is 11.6 Å². The fourth-order valence-corrected chi connectivity index (χ4v) is 0.547. The van der Waals surface area contributed by atoms with E-state index in [4.69, 9.17) is 22.4 Å². The van der Waals surface area contributed by atoms with E-state index in [-0.39, 0.29) is 16.5 Å². The minimum Gasteiger partial charge on any atom is -0.505 e. The first kappa shape index (κ1) is 6.16. The average Bonchev–Trinajstić information content (AvgIpc) is 1.83. The smallest absolute Gasteiger partial charge is 0.154 e. The van der Waals surface area contributed by atoms with Gasteiger partial charge in [0.1, 0.15) is 5.02 Å². The van der Waals surface area contributed by atoms with Crippen molar-refractivity contribution in [3.05, 3.63) is 17.4 Å². The molecular weight excluding hydrogens is 140 g/mol. The zero-order valence-electron chi connectivity index (χ0n) is 4.50. The SMILES string of the molecule is Nc1cncc(O)c1Cl. The maximum Gasteiger partial charge on any atom is 0.154 e. The van der Waals surface area contributed by atoms with Crippen molar-refractivity contribution in [2.24, 2.45) is 0 Å². The predicted octanol–water partition coefficient (Wildman–Crippen LogP) is 1.02. The number of pyridine rings is 1. The molecule has 0 atom stereocenters. The zero-order chi connectivity index (χ0) is 6.85. The van der Waals surface area contributed by atoms with Gasteiger partial charge in [-0.1, -0.05) is 11.6 Å². The summed E-state index contributed by atoms with van der Waals surface area (Å²) in [6.07, 6.45) is 2.61. The quantitative estimate of drug-likeness (QED) is 0.572. The summed E-state index contributed by atoms with van der Waals surface area (Å²) in [5.41, 5.74) is 5.55. The Bertz CT molecular complexity index is 206. The van der Waals surface area contributed by atoms with Crippen molar-refractivity contribution < 1.29 is 5.11 Å². The molecule has 1 aromatic heterocycles. The first-order valence-corrected chi connectivity index (χ1v) is 2.67. The van der Waals surface area contributed by atoms with Gasteiger partial charge in [-0.05, 0) is 0 Å². The van der Waals surface area contributed by atoms with Crippen molar-refractivity contribution in [1.82, 2.24) is 4.98 Å². The molecule has 0 bridgehead atoms. The second-order valence-corrected chi connectivity index (χ2v) is 1.94. The van der Waals surface area contributed by atoms with Gasteiger partial charge in [-0.3, -0.25) is 4.98 Å². The van der Waals surface area contributed by atoms with Crippen LogP contribution in [-0.2, 0) is 0 Å². The molecule has 48 valence electrons. The molecule has 9 heavy (non-hydrogen) atoms. The molecule has 4 heteroatoms. The van der Waals surface area contributed by atoms with Gasteiger partial charge in [-0.15, -0.1) is 0 Å². The third-order valence-electron chi connectivity index (χ3n) is 0.889. The van der Waals surface area contributed by atoms with Crippen molar-refractivity contribution in [3.63, 3.8) is 0 Å². The molecule has 0 spiro atoms. The highest BCUT2D eigenvalue weighted by Crippen LogP contribution is 2.26. The Labute approximate surface area is 57.1 Å². The van der Waals surface area contributed by atoms with Gasteiger partial charge in [0.15, 0.2) is 5.75 Å². The van der Waals surface area contributed by atoms with Gasteiger partial charge in [-0.2, -0.15) is 0 Å². The van der Waals surface area contributed by atoms with Crippen LogP contribution in [0.5, 0.6) is 5.75 Å². The molecule has 0 amide bonds. The monoisotopic (exact) mass is 144 g/mol. The average molecular weight is 145 g/mol. The summed E-state index contributed by atoms with van der Waals surface area (Å²) in [7, 11) is 0. The molecular formula is C5H5ClN2O. The third kappa shape index (κ3) is 1.05. The maximum absolute atomic E-state index is 8.83. The fourth-order valence-electron chi connectivity index (χ4n) is 0.449. The molecule has 0 unspecified atom stereocenters. The Morgan fingerprint density at radius 1 is 1.56 bits per heavy atom. The van der Waals surface area contributed by atoms with Crippen LogP contribution < -0.4 is 5.73 Å². The summed E-state index contributed by atoms with van der Waals surface area (Å²) in [6, 6.07) is 0. The number of aromatic hydroxyl groups is 1. The van der Waals surface area contributed by atoms with Gasteiger partial charge in [0.2, 0.25) is 0 Å². The maximum atomic E-state index is 8.83. The van der Waals surface area contributed by atoms with Gasteiger partial charge in [-0.25, -0.2) is 0 Å².